The van der Waals surface area contributed by atoms with Crippen molar-refractivity contribution in [3.8, 4) is 0 Å². The van der Waals surface area contributed by atoms with Gasteiger partial charge in [-0.25, -0.2) is 4.79 Å². The van der Waals surface area contributed by atoms with Gasteiger partial charge in [-0.15, -0.1) is 0 Å². The molecule has 0 bridgehead atoms. The summed E-state index contributed by atoms with van der Waals surface area (Å²) in [5.74, 6) is -0.951. The van der Waals surface area contributed by atoms with Crippen molar-refractivity contribution < 1.29 is 9.90 Å². The third kappa shape index (κ3) is 3.04. The second-order valence-corrected chi connectivity index (χ2v) is 6.47. The standard InChI is InChI=1S/C24H19NO2/c26-23(27)24(20-11-3-1-4-12-20,25-22-13-5-2-6-14-22)21-16-15-18-9-7-8-10-19(18)17-21/h1-17,25H,(H,26,27). The fourth-order valence-corrected chi connectivity index (χ4v) is 3.46. The molecule has 0 amide bonds. The normalized spacial score (nSPS) is 13.0. The number of hydrogen-bond donors (Lipinski definition) is 2. The van der Waals surface area contributed by atoms with Crippen LogP contribution in [0.15, 0.2) is 103 Å². The molecule has 2 N–H and O–H groups in total. The summed E-state index contributed by atoms with van der Waals surface area (Å²) in [6, 6.07) is 32.5. The summed E-state index contributed by atoms with van der Waals surface area (Å²) < 4.78 is 0. The largest absolute Gasteiger partial charge is 0.479 e. The van der Waals surface area contributed by atoms with Crippen LogP contribution in [-0.2, 0) is 10.3 Å². The maximum Gasteiger partial charge on any atom is 0.338 e. The number of carboxylic acid groups (broad SMARTS) is 1. The minimum Gasteiger partial charge on any atom is -0.479 e. The zero-order chi connectivity index (χ0) is 18.7. The van der Waals surface area contributed by atoms with Crippen LogP contribution in [0.3, 0.4) is 0 Å². The van der Waals surface area contributed by atoms with E-state index in [1.807, 2.05) is 103 Å². The molecule has 0 aliphatic carbocycles. The zero-order valence-corrected chi connectivity index (χ0v) is 14.7. The molecule has 0 fully saturated rings. The van der Waals surface area contributed by atoms with Crippen LogP contribution in [0.4, 0.5) is 5.69 Å². The Labute approximate surface area is 157 Å². The van der Waals surface area contributed by atoms with Gasteiger partial charge in [0.1, 0.15) is 0 Å². The molecule has 0 aliphatic heterocycles. The number of carboxylic acids is 1. The Morgan fingerprint density at radius 1 is 0.667 bits per heavy atom. The molecule has 4 rings (SSSR count). The maximum atomic E-state index is 12.7. The summed E-state index contributed by atoms with van der Waals surface area (Å²) >= 11 is 0. The highest BCUT2D eigenvalue weighted by atomic mass is 16.4. The first-order chi connectivity index (χ1) is 13.2. The van der Waals surface area contributed by atoms with E-state index in [0.29, 0.717) is 11.1 Å². The third-order valence-electron chi connectivity index (χ3n) is 4.82. The first-order valence-electron chi connectivity index (χ1n) is 8.81. The molecule has 0 saturated heterocycles. The number of para-hydroxylation sites is 1. The minimum atomic E-state index is -1.40. The monoisotopic (exact) mass is 353 g/mol. The van der Waals surface area contributed by atoms with E-state index in [4.69, 9.17) is 0 Å². The third-order valence-corrected chi connectivity index (χ3v) is 4.82. The number of anilines is 1. The van der Waals surface area contributed by atoms with Crippen molar-refractivity contribution >= 4 is 22.4 Å². The summed E-state index contributed by atoms with van der Waals surface area (Å²) in [6.45, 7) is 0. The van der Waals surface area contributed by atoms with E-state index in [-0.39, 0.29) is 0 Å². The zero-order valence-electron chi connectivity index (χ0n) is 14.7. The number of fused-ring (bicyclic) bond motifs is 1. The van der Waals surface area contributed by atoms with Gasteiger partial charge in [0, 0.05) is 5.69 Å². The molecule has 3 heteroatoms. The average molecular weight is 353 g/mol. The fourth-order valence-electron chi connectivity index (χ4n) is 3.46. The second kappa shape index (κ2) is 6.96. The van der Waals surface area contributed by atoms with Crippen molar-refractivity contribution in [1.82, 2.24) is 0 Å². The topological polar surface area (TPSA) is 49.3 Å². The first kappa shape index (κ1) is 16.9. The van der Waals surface area contributed by atoms with Gasteiger partial charge in [-0.3, -0.25) is 0 Å². The van der Waals surface area contributed by atoms with Crippen molar-refractivity contribution in [3.63, 3.8) is 0 Å². The Morgan fingerprint density at radius 2 is 1.26 bits per heavy atom. The summed E-state index contributed by atoms with van der Waals surface area (Å²) in [6.07, 6.45) is 0. The lowest BCUT2D eigenvalue weighted by Gasteiger charge is -2.33. The van der Waals surface area contributed by atoms with Crippen molar-refractivity contribution in [1.29, 1.82) is 0 Å². The van der Waals surface area contributed by atoms with E-state index in [2.05, 4.69) is 5.32 Å². The molecule has 27 heavy (non-hydrogen) atoms. The highest BCUT2D eigenvalue weighted by Crippen LogP contribution is 2.35. The molecule has 0 radical (unpaired) electrons. The van der Waals surface area contributed by atoms with Gasteiger partial charge < -0.3 is 10.4 Å². The molecule has 3 nitrogen and oxygen atoms in total. The van der Waals surface area contributed by atoms with Gasteiger partial charge >= 0.3 is 5.97 Å². The van der Waals surface area contributed by atoms with Crippen LogP contribution >= 0.6 is 0 Å². The molecule has 0 saturated carbocycles. The van der Waals surface area contributed by atoms with Crippen molar-refractivity contribution in [2.24, 2.45) is 0 Å². The van der Waals surface area contributed by atoms with Gasteiger partial charge in [0.05, 0.1) is 0 Å². The van der Waals surface area contributed by atoms with Gasteiger partial charge in [-0.05, 0) is 40.1 Å². The number of nitrogens with one attached hydrogen (secondary N) is 1. The Hall–Kier alpha value is -3.59. The summed E-state index contributed by atoms with van der Waals surface area (Å²) in [5, 5.41) is 15.8. The quantitative estimate of drug-likeness (QED) is 0.513. The lowest BCUT2D eigenvalue weighted by atomic mass is 9.81. The SMILES string of the molecule is O=C(O)C(Nc1ccccc1)(c1ccccc1)c1ccc2ccccc2c1. The Morgan fingerprint density at radius 3 is 1.93 bits per heavy atom. The number of carbonyl (C=O) groups is 1. The summed E-state index contributed by atoms with van der Waals surface area (Å²) in [4.78, 5) is 12.7. The Balaban J connectivity index is 1.97. The first-order valence-corrected chi connectivity index (χ1v) is 8.81. The molecule has 1 unspecified atom stereocenters. The highest BCUT2D eigenvalue weighted by molar-refractivity contribution is 5.92. The molecule has 0 heterocycles. The molecular weight excluding hydrogens is 334 g/mol. The Bertz CT molecular complexity index is 1080. The molecule has 1 atom stereocenters. The molecule has 0 spiro atoms. The van der Waals surface area contributed by atoms with Crippen LogP contribution in [0.1, 0.15) is 11.1 Å². The maximum absolute atomic E-state index is 12.7. The Kier molecular flexibility index (Phi) is 4.35. The van der Waals surface area contributed by atoms with Gasteiger partial charge in [0.25, 0.3) is 0 Å². The minimum absolute atomic E-state index is 0.677. The van der Waals surface area contributed by atoms with E-state index >= 15 is 0 Å². The lowest BCUT2D eigenvalue weighted by Crippen LogP contribution is -2.44. The highest BCUT2D eigenvalue weighted by Gasteiger charge is 2.42. The van der Waals surface area contributed by atoms with Crippen molar-refractivity contribution in [2.75, 3.05) is 5.32 Å². The van der Waals surface area contributed by atoms with Crippen LogP contribution in [-0.4, -0.2) is 11.1 Å². The van der Waals surface area contributed by atoms with Crippen LogP contribution in [0.5, 0.6) is 0 Å². The van der Waals surface area contributed by atoms with E-state index in [0.717, 1.165) is 16.5 Å². The van der Waals surface area contributed by atoms with Crippen LogP contribution in [0.2, 0.25) is 0 Å². The fraction of sp³-hybridized carbons (Fsp3) is 0.0417. The second-order valence-electron chi connectivity index (χ2n) is 6.47. The molecule has 0 aromatic heterocycles. The van der Waals surface area contributed by atoms with Crippen LogP contribution < -0.4 is 5.32 Å². The summed E-state index contributed by atoms with van der Waals surface area (Å²) in [5.41, 5.74) is 0.712. The number of aliphatic carboxylic acids is 1. The van der Waals surface area contributed by atoms with E-state index < -0.39 is 11.5 Å². The van der Waals surface area contributed by atoms with Crippen molar-refractivity contribution in [2.45, 2.75) is 5.54 Å². The lowest BCUT2D eigenvalue weighted by molar-refractivity contribution is -0.141. The molecule has 132 valence electrons. The predicted molar refractivity (Wildman–Crippen MR) is 109 cm³/mol. The van der Waals surface area contributed by atoms with Gasteiger partial charge in [-0.2, -0.15) is 0 Å². The molecular formula is C24H19NO2. The van der Waals surface area contributed by atoms with Crippen LogP contribution in [0.25, 0.3) is 10.8 Å². The number of benzene rings is 4. The average Bonchev–Trinajstić information content (AvgIpc) is 2.73. The van der Waals surface area contributed by atoms with E-state index in [9.17, 15) is 9.90 Å². The van der Waals surface area contributed by atoms with Crippen molar-refractivity contribution in [3.05, 3.63) is 114 Å². The smallest absolute Gasteiger partial charge is 0.338 e. The van der Waals surface area contributed by atoms with E-state index in [1.165, 1.54) is 0 Å². The van der Waals surface area contributed by atoms with Gasteiger partial charge in [-0.1, -0.05) is 84.9 Å². The molecule has 4 aromatic carbocycles. The molecule has 0 aliphatic rings. The van der Waals surface area contributed by atoms with Gasteiger partial charge in [0.2, 0.25) is 0 Å². The van der Waals surface area contributed by atoms with E-state index in [1.54, 1.807) is 0 Å². The predicted octanol–water partition coefficient (Wildman–Crippen LogP) is 5.28. The number of rotatable bonds is 5. The van der Waals surface area contributed by atoms with Gasteiger partial charge in [0.15, 0.2) is 5.54 Å². The summed E-state index contributed by atoms with van der Waals surface area (Å²) in [7, 11) is 0. The van der Waals surface area contributed by atoms with Crippen LogP contribution in [0, 0.1) is 0 Å². The number of hydrogen-bond acceptors (Lipinski definition) is 2. The molecule has 4 aromatic rings.